The van der Waals surface area contributed by atoms with Gasteiger partial charge >= 0.3 is 0 Å². The second-order valence-corrected chi connectivity index (χ2v) is 12.0. The van der Waals surface area contributed by atoms with Gasteiger partial charge in [-0.05, 0) is 95.3 Å². The van der Waals surface area contributed by atoms with Crippen molar-refractivity contribution in [3.05, 3.63) is 22.8 Å². The summed E-state index contributed by atoms with van der Waals surface area (Å²) in [4.78, 5) is 16.9. The number of carbonyl (C=O) groups is 1. The number of amides is 1. The van der Waals surface area contributed by atoms with Crippen LogP contribution in [0.25, 0.3) is 0 Å². The Labute approximate surface area is 182 Å². The van der Waals surface area contributed by atoms with E-state index < -0.39 is 11.4 Å². The van der Waals surface area contributed by atoms with Crippen LogP contribution in [0.2, 0.25) is 0 Å². The summed E-state index contributed by atoms with van der Waals surface area (Å²) in [6.45, 7) is 14.5. The average molecular weight is 475 g/mol. The lowest BCUT2D eigenvalue weighted by atomic mass is 9.91. The highest BCUT2D eigenvalue weighted by atomic mass is 79.9. The van der Waals surface area contributed by atoms with Crippen molar-refractivity contribution in [3.8, 4) is 0 Å². The summed E-state index contributed by atoms with van der Waals surface area (Å²) < 4.78 is 16.5. The normalized spacial score (nSPS) is 22.5. The van der Waals surface area contributed by atoms with E-state index in [9.17, 15) is 9.35 Å². The molecule has 0 spiro atoms. The minimum atomic E-state index is -1.10. The zero-order chi connectivity index (χ0) is 21.4. The van der Waals surface area contributed by atoms with Gasteiger partial charge in [0.15, 0.2) is 0 Å². The van der Waals surface area contributed by atoms with Crippen molar-refractivity contribution in [1.82, 2.24) is 9.62 Å². The van der Waals surface area contributed by atoms with Gasteiger partial charge in [0, 0.05) is 34.1 Å². The lowest BCUT2D eigenvalue weighted by Gasteiger charge is -2.28. The third-order valence-electron chi connectivity index (χ3n) is 5.07. The minimum Gasteiger partial charge on any atom is -0.598 e. The number of rotatable bonds is 11. The number of hydrogen-bond donors (Lipinski definition) is 1. The molecule has 1 heterocycles. The van der Waals surface area contributed by atoms with E-state index >= 15 is 0 Å². The maximum Gasteiger partial charge on any atom is 0.210 e. The highest BCUT2D eigenvalue weighted by molar-refractivity contribution is 9.11. The van der Waals surface area contributed by atoms with Crippen LogP contribution in [0.3, 0.4) is 0 Å². The molecule has 1 fully saturated rings. The van der Waals surface area contributed by atoms with Crippen LogP contribution < -0.4 is 4.72 Å². The van der Waals surface area contributed by atoms with Crippen molar-refractivity contribution >= 4 is 40.4 Å². The van der Waals surface area contributed by atoms with Crippen LogP contribution in [0, 0.1) is 5.92 Å². The van der Waals surface area contributed by atoms with Crippen molar-refractivity contribution in [3.63, 3.8) is 0 Å². The van der Waals surface area contributed by atoms with Crippen molar-refractivity contribution in [2.75, 3.05) is 6.54 Å². The smallest absolute Gasteiger partial charge is 0.210 e. The number of likely N-dealkylation sites (tertiary alicyclic amines) is 1. The zero-order valence-electron chi connectivity index (χ0n) is 17.9. The molecule has 1 rings (SSSR count). The first-order valence-corrected chi connectivity index (χ1v) is 11.8. The Hall–Kier alpha value is -0.630. The van der Waals surface area contributed by atoms with E-state index in [-0.39, 0.29) is 16.3 Å². The molecule has 1 amide bonds. The lowest BCUT2D eigenvalue weighted by Crippen LogP contribution is -2.44. The van der Waals surface area contributed by atoms with Crippen LogP contribution in [0.4, 0.5) is 0 Å². The maximum atomic E-state index is 12.6. The fourth-order valence-electron chi connectivity index (χ4n) is 3.44. The number of aliphatic imine (C=N–C) groups is 1. The Morgan fingerprint density at radius 3 is 2.68 bits per heavy atom. The van der Waals surface area contributed by atoms with Gasteiger partial charge < -0.3 is 9.45 Å². The molecule has 28 heavy (non-hydrogen) atoms. The van der Waals surface area contributed by atoms with E-state index in [2.05, 4.69) is 52.3 Å². The molecule has 1 aliphatic heterocycles. The summed E-state index contributed by atoms with van der Waals surface area (Å²) in [5.41, 5.74) is -0.0654. The molecular weight excluding hydrogens is 438 g/mol. The van der Waals surface area contributed by atoms with Gasteiger partial charge in [-0.15, -0.1) is 4.72 Å². The first kappa shape index (κ1) is 25.4. The summed E-state index contributed by atoms with van der Waals surface area (Å²) in [5, 5.41) is 0. The van der Waals surface area contributed by atoms with Crippen LogP contribution in [-0.4, -0.2) is 45.5 Å². The Balaban J connectivity index is 2.64. The van der Waals surface area contributed by atoms with E-state index in [0.717, 1.165) is 49.5 Å². The van der Waals surface area contributed by atoms with Gasteiger partial charge in [-0.3, -0.25) is 9.79 Å². The predicted octanol–water partition coefficient (Wildman–Crippen LogP) is 4.72. The standard InChI is InChI=1S/C21H36BrN3O2S/c1-20(2,3)28(27)24-19(10-8-7-9-18(22)14-23-6)12-11-17-13-21(4,5)25(15-17)16-26/h7,9,14,16-17,19,24H,6,8,10-13,15H2,1-5H3/b9-7-,18-14+. The van der Waals surface area contributed by atoms with E-state index in [1.165, 1.54) is 0 Å². The van der Waals surface area contributed by atoms with E-state index in [0.29, 0.717) is 5.92 Å². The van der Waals surface area contributed by atoms with Gasteiger partial charge in [-0.25, -0.2) is 0 Å². The number of nitrogens with zero attached hydrogens (tertiary/aromatic N) is 2. The van der Waals surface area contributed by atoms with Crippen molar-refractivity contribution in [2.45, 2.75) is 83.1 Å². The second kappa shape index (κ2) is 11.5. The molecule has 0 radical (unpaired) electrons. The summed E-state index contributed by atoms with van der Waals surface area (Å²) in [7, 11) is 0. The number of halogens is 1. The molecule has 1 saturated heterocycles. The van der Waals surface area contributed by atoms with E-state index in [1.54, 1.807) is 6.20 Å². The molecule has 0 aliphatic carbocycles. The van der Waals surface area contributed by atoms with Gasteiger partial charge in [0.1, 0.15) is 4.75 Å². The molecule has 1 aliphatic rings. The second-order valence-electron chi connectivity index (χ2n) is 9.09. The van der Waals surface area contributed by atoms with E-state index in [1.807, 2.05) is 31.7 Å². The van der Waals surface area contributed by atoms with Crippen LogP contribution in [0.15, 0.2) is 27.8 Å². The molecule has 1 N–H and O–H groups in total. The number of allylic oxidation sites excluding steroid dienone is 3. The quantitative estimate of drug-likeness (QED) is 0.204. The van der Waals surface area contributed by atoms with E-state index in [4.69, 9.17) is 0 Å². The highest BCUT2D eigenvalue weighted by Crippen LogP contribution is 2.34. The average Bonchev–Trinajstić information content (AvgIpc) is 2.89. The Kier molecular flexibility index (Phi) is 10.5. The Morgan fingerprint density at radius 2 is 2.14 bits per heavy atom. The van der Waals surface area contributed by atoms with Gasteiger partial charge in [0.05, 0.1) is 6.04 Å². The summed E-state index contributed by atoms with van der Waals surface area (Å²) >= 11 is 2.32. The summed E-state index contributed by atoms with van der Waals surface area (Å²) in [5.74, 6) is 0.499. The molecule has 0 saturated carbocycles. The number of hydrogen-bond acceptors (Lipinski definition) is 4. The fourth-order valence-corrected chi connectivity index (χ4v) is 4.67. The van der Waals surface area contributed by atoms with Crippen molar-refractivity contribution in [2.24, 2.45) is 10.9 Å². The summed E-state index contributed by atoms with van der Waals surface area (Å²) in [6, 6.07) is 0.179. The molecular formula is C21H36BrN3O2S. The van der Waals surface area contributed by atoms with Crippen LogP contribution in [0.1, 0.15) is 66.7 Å². The monoisotopic (exact) mass is 473 g/mol. The molecule has 3 atom stereocenters. The first-order chi connectivity index (χ1) is 13.0. The molecule has 160 valence electrons. The number of carbonyl (C=O) groups excluding carboxylic acids is 1. The molecule has 5 nitrogen and oxygen atoms in total. The van der Waals surface area contributed by atoms with Gasteiger partial charge in [-0.1, -0.05) is 12.2 Å². The fraction of sp³-hybridized carbons (Fsp3) is 0.714. The first-order valence-electron chi connectivity index (χ1n) is 9.87. The zero-order valence-corrected chi connectivity index (χ0v) is 20.3. The van der Waals surface area contributed by atoms with Crippen LogP contribution >= 0.6 is 15.9 Å². The maximum absolute atomic E-state index is 12.6. The van der Waals surface area contributed by atoms with Gasteiger partial charge in [0.2, 0.25) is 6.41 Å². The van der Waals surface area contributed by atoms with Gasteiger partial charge in [-0.2, -0.15) is 0 Å². The lowest BCUT2D eigenvalue weighted by molar-refractivity contribution is -0.120. The SMILES string of the molecule is C=N/C=C(Br)\C=C/CCC(CCC1CN(C=O)C(C)(C)C1)N[S+]([O-])C(C)(C)C. The third kappa shape index (κ3) is 8.80. The van der Waals surface area contributed by atoms with Crippen molar-refractivity contribution < 1.29 is 9.35 Å². The van der Waals surface area contributed by atoms with Crippen molar-refractivity contribution in [1.29, 1.82) is 0 Å². The van der Waals surface area contributed by atoms with Crippen LogP contribution in [-0.2, 0) is 16.2 Å². The third-order valence-corrected chi connectivity index (χ3v) is 7.20. The topological polar surface area (TPSA) is 67.8 Å². The molecule has 0 aromatic rings. The van der Waals surface area contributed by atoms with Gasteiger partial charge in [0.25, 0.3) is 0 Å². The molecule has 7 heteroatoms. The number of nitrogens with one attached hydrogen (secondary N) is 1. The Morgan fingerprint density at radius 1 is 1.46 bits per heavy atom. The molecule has 0 aromatic carbocycles. The molecule has 0 aromatic heterocycles. The van der Waals surface area contributed by atoms with Crippen LogP contribution in [0.5, 0.6) is 0 Å². The Bertz CT molecular complexity index is 572. The minimum absolute atomic E-state index is 0.0654. The highest BCUT2D eigenvalue weighted by Gasteiger charge is 2.37. The molecule has 0 bridgehead atoms. The largest absolute Gasteiger partial charge is 0.598 e. The molecule has 3 unspecified atom stereocenters. The summed E-state index contributed by atoms with van der Waals surface area (Å²) in [6.07, 6.45) is 11.5. The predicted molar refractivity (Wildman–Crippen MR) is 124 cm³/mol.